The van der Waals surface area contributed by atoms with Crippen molar-refractivity contribution in [1.29, 1.82) is 0 Å². The van der Waals surface area contributed by atoms with Crippen molar-refractivity contribution < 1.29 is 13.2 Å². The maximum atomic E-state index is 13.4. The van der Waals surface area contributed by atoms with Crippen molar-refractivity contribution in [1.82, 2.24) is 4.31 Å². The lowest BCUT2D eigenvalue weighted by Crippen LogP contribution is -2.56. The fourth-order valence-electron chi connectivity index (χ4n) is 4.12. The molecule has 0 radical (unpaired) electrons. The van der Waals surface area contributed by atoms with Gasteiger partial charge in [-0.05, 0) is 48.7 Å². The highest BCUT2D eigenvalue weighted by Gasteiger charge is 2.52. The van der Waals surface area contributed by atoms with Crippen molar-refractivity contribution in [3.8, 4) is 0 Å². The molecule has 3 aliphatic rings. The van der Waals surface area contributed by atoms with E-state index >= 15 is 0 Å². The van der Waals surface area contributed by atoms with Crippen molar-refractivity contribution in [3.63, 3.8) is 0 Å². The van der Waals surface area contributed by atoms with Crippen molar-refractivity contribution in [2.75, 3.05) is 0 Å². The first kappa shape index (κ1) is 18.0. The highest BCUT2D eigenvalue weighted by atomic mass is 35.5. The summed E-state index contributed by atoms with van der Waals surface area (Å²) in [5, 5.41) is 0.955. The van der Waals surface area contributed by atoms with Gasteiger partial charge >= 0.3 is 0 Å². The third-order valence-corrected chi connectivity index (χ3v) is 7.83. The predicted molar refractivity (Wildman–Crippen MR) is 101 cm³/mol. The lowest BCUT2D eigenvalue weighted by Gasteiger charge is -2.49. The van der Waals surface area contributed by atoms with E-state index in [4.69, 9.17) is 23.2 Å². The van der Waals surface area contributed by atoms with Gasteiger partial charge in [-0.25, -0.2) is 8.42 Å². The molecule has 3 fully saturated rings. The number of carbonyl (C=O) groups is 1. The Bertz CT molecular complexity index is 959. The molecular weight excluding hydrogens is 393 g/mol. The van der Waals surface area contributed by atoms with E-state index in [0.717, 1.165) is 0 Å². The highest BCUT2D eigenvalue weighted by Crippen LogP contribution is 2.49. The number of nitrogens with zero attached hydrogens (tertiary/aromatic N) is 1. The predicted octanol–water partition coefficient (Wildman–Crippen LogP) is 4.48. The number of piperidine rings is 2. The van der Waals surface area contributed by atoms with Gasteiger partial charge in [0.2, 0.25) is 10.0 Å². The summed E-state index contributed by atoms with van der Waals surface area (Å²) in [5.41, 5.74) is 0.689. The molecule has 0 spiro atoms. The molecule has 4 nitrogen and oxygen atoms in total. The summed E-state index contributed by atoms with van der Waals surface area (Å²) in [6.07, 6.45) is 1.63. The van der Waals surface area contributed by atoms with E-state index in [1.54, 1.807) is 24.3 Å². The molecule has 0 amide bonds. The number of Topliss-reactive ketones (excluding diaryl/α,β-unsaturated/α-hetero) is 1. The van der Waals surface area contributed by atoms with Crippen LogP contribution in [0.2, 0.25) is 10.0 Å². The van der Waals surface area contributed by atoms with Gasteiger partial charge in [0.05, 0.1) is 10.9 Å². The summed E-state index contributed by atoms with van der Waals surface area (Å²) in [4.78, 5) is 12.7. The quantitative estimate of drug-likeness (QED) is 0.750. The molecule has 1 saturated carbocycles. The molecule has 0 unspecified atom stereocenters. The van der Waals surface area contributed by atoms with Gasteiger partial charge in [-0.1, -0.05) is 41.4 Å². The van der Waals surface area contributed by atoms with Crippen molar-refractivity contribution in [2.45, 2.75) is 36.2 Å². The summed E-state index contributed by atoms with van der Waals surface area (Å²) in [6, 6.07) is 12.4. The number of hydrogen-bond donors (Lipinski definition) is 0. The maximum absolute atomic E-state index is 13.4. The van der Waals surface area contributed by atoms with Gasteiger partial charge < -0.3 is 0 Å². The van der Waals surface area contributed by atoms with Crippen LogP contribution in [-0.4, -0.2) is 24.5 Å². The molecule has 0 N–H and O–H groups in total. The zero-order chi connectivity index (χ0) is 18.5. The van der Waals surface area contributed by atoms with E-state index in [0.29, 0.717) is 28.5 Å². The maximum Gasteiger partial charge on any atom is 0.243 e. The van der Waals surface area contributed by atoms with Crippen molar-refractivity contribution >= 4 is 39.0 Å². The SMILES string of the molecule is O=C1C[C@@H]2CC[C@H]1[C@@H](c1ccccc1Cl)N2S(=O)(=O)c1ccc(Cl)cc1. The van der Waals surface area contributed by atoms with Gasteiger partial charge in [0.25, 0.3) is 0 Å². The van der Waals surface area contributed by atoms with Gasteiger partial charge in [-0.15, -0.1) is 0 Å². The second kappa shape index (κ2) is 6.64. The Morgan fingerprint density at radius 3 is 2.31 bits per heavy atom. The number of sulfonamides is 1. The van der Waals surface area contributed by atoms with Gasteiger partial charge in [0.1, 0.15) is 5.78 Å². The van der Waals surface area contributed by atoms with Crippen molar-refractivity contribution in [3.05, 3.63) is 64.1 Å². The Morgan fingerprint density at radius 1 is 0.962 bits per heavy atom. The minimum Gasteiger partial charge on any atom is -0.299 e. The Kier molecular flexibility index (Phi) is 4.59. The molecule has 2 aromatic carbocycles. The van der Waals surface area contributed by atoms with E-state index < -0.39 is 16.1 Å². The van der Waals surface area contributed by atoms with Crippen LogP contribution in [0.4, 0.5) is 0 Å². The number of rotatable bonds is 3. The number of ketones is 1. The largest absolute Gasteiger partial charge is 0.299 e. The summed E-state index contributed by atoms with van der Waals surface area (Å²) in [6.45, 7) is 0. The second-order valence-electron chi connectivity index (χ2n) is 6.76. The number of halogens is 2. The fraction of sp³-hybridized carbons (Fsp3) is 0.316. The highest BCUT2D eigenvalue weighted by molar-refractivity contribution is 7.89. The number of benzene rings is 2. The van der Waals surface area contributed by atoms with E-state index in [1.165, 1.54) is 16.4 Å². The Balaban J connectivity index is 1.86. The van der Waals surface area contributed by atoms with Crippen LogP contribution in [0.5, 0.6) is 0 Å². The van der Waals surface area contributed by atoms with E-state index in [1.807, 2.05) is 12.1 Å². The fourth-order valence-corrected chi connectivity index (χ4v) is 6.35. The molecular formula is C19H17Cl2NO3S. The summed E-state index contributed by atoms with van der Waals surface area (Å²) in [5.74, 6) is -0.240. The average Bonchev–Trinajstić information content (AvgIpc) is 2.62. The Hall–Kier alpha value is -1.40. The number of fused-ring (bicyclic) bond motifs is 3. The molecule has 2 saturated heterocycles. The number of hydrogen-bond acceptors (Lipinski definition) is 3. The van der Waals surface area contributed by atoms with E-state index in [2.05, 4.69) is 0 Å². The Labute approximate surface area is 162 Å². The standard InChI is InChI=1S/C19H17Cl2NO3S/c20-12-5-8-14(9-6-12)26(24,25)22-13-7-10-16(18(23)11-13)19(22)15-3-1-2-4-17(15)21/h1-6,8-9,13,16,19H,7,10-11H2/t13-,16+,19+/m0/s1. The molecule has 0 aromatic heterocycles. The molecule has 7 heteroatoms. The van der Waals surface area contributed by atoms with Crippen molar-refractivity contribution in [2.24, 2.45) is 5.92 Å². The van der Waals surface area contributed by atoms with Crippen LogP contribution in [0.15, 0.2) is 53.4 Å². The number of carbonyl (C=O) groups excluding carboxylic acids is 1. The lowest BCUT2D eigenvalue weighted by molar-refractivity contribution is -0.133. The van der Waals surface area contributed by atoms with Crippen LogP contribution in [-0.2, 0) is 14.8 Å². The van der Waals surface area contributed by atoms with Gasteiger partial charge in [0.15, 0.2) is 0 Å². The van der Waals surface area contributed by atoms with Crippen LogP contribution in [0.25, 0.3) is 0 Å². The minimum absolute atomic E-state index is 0.119. The van der Waals surface area contributed by atoms with Gasteiger partial charge in [0, 0.05) is 28.4 Å². The van der Waals surface area contributed by atoms with Crippen LogP contribution in [0.1, 0.15) is 30.9 Å². The molecule has 2 aliphatic heterocycles. The van der Waals surface area contributed by atoms with Crippen LogP contribution < -0.4 is 0 Å². The first-order valence-corrected chi connectivity index (χ1v) is 10.7. The molecule has 3 atom stereocenters. The normalized spacial score (nSPS) is 26.2. The first-order chi connectivity index (χ1) is 12.4. The summed E-state index contributed by atoms with van der Waals surface area (Å²) < 4.78 is 28.3. The average molecular weight is 410 g/mol. The lowest BCUT2D eigenvalue weighted by atomic mass is 9.73. The molecule has 2 heterocycles. The topological polar surface area (TPSA) is 54.5 Å². The van der Waals surface area contributed by atoms with Gasteiger partial charge in [-0.2, -0.15) is 4.31 Å². The summed E-state index contributed by atoms with van der Waals surface area (Å²) >= 11 is 12.3. The zero-order valence-electron chi connectivity index (χ0n) is 13.8. The summed E-state index contributed by atoms with van der Waals surface area (Å²) in [7, 11) is -3.78. The monoisotopic (exact) mass is 409 g/mol. The molecule has 2 aromatic rings. The van der Waals surface area contributed by atoms with Crippen LogP contribution in [0, 0.1) is 5.92 Å². The molecule has 136 valence electrons. The first-order valence-electron chi connectivity index (χ1n) is 8.46. The van der Waals surface area contributed by atoms with Gasteiger partial charge in [-0.3, -0.25) is 4.79 Å². The molecule has 5 rings (SSSR count). The third-order valence-electron chi connectivity index (χ3n) is 5.29. The smallest absolute Gasteiger partial charge is 0.243 e. The second-order valence-corrected chi connectivity index (χ2v) is 9.45. The van der Waals surface area contributed by atoms with Crippen LogP contribution in [0.3, 0.4) is 0 Å². The third kappa shape index (κ3) is 2.87. The molecule has 1 aliphatic carbocycles. The molecule has 26 heavy (non-hydrogen) atoms. The van der Waals surface area contributed by atoms with Crippen LogP contribution >= 0.6 is 23.2 Å². The van der Waals surface area contributed by atoms with E-state index in [9.17, 15) is 13.2 Å². The zero-order valence-corrected chi connectivity index (χ0v) is 16.1. The minimum atomic E-state index is -3.78. The van der Waals surface area contributed by atoms with E-state index in [-0.39, 0.29) is 29.1 Å². The molecule has 2 bridgehead atoms. The Morgan fingerprint density at radius 2 is 1.65 bits per heavy atom.